The van der Waals surface area contributed by atoms with Crippen LogP contribution in [0.5, 0.6) is 0 Å². The minimum atomic E-state index is 0.0141. The van der Waals surface area contributed by atoms with Crippen molar-refractivity contribution in [3.8, 4) is 0 Å². The molecule has 0 spiro atoms. The summed E-state index contributed by atoms with van der Waals surface area (Å²) in [5.41, 5.74) is 0. The lowest BCUT2D eigenvalue weighted by molar-refractivity contribution is -0.107. The third-order valence-corrected chi connectivity index (χ3v) is 2.96. The fourth-order valence-electron chi connectivity index (χ4n) is 0.826. The molecule has 0 bridgehead atoms. The minimum Gasteiger partial charge on any atom is -0.303 e. The van der Waals surface area contributed by atoms with Crippen molar-refractivity contribution in [3.63, 3.8) is 0 Å². The van der Waals surface area contributed by atoms with Crippen LogP contribution >= 0.6 is 22.9 Å². The first-order valence-electron chi connectivity index (χ1n) is 3.45. The Kier molecular flexibility index (Phi) is 3.60. The van der Waals surface area contributed by atoms with E-state index in [1.165, 1.54) is 0 Å². The Hall–Kier alpha value is -0.340. The van der Waals surface area contributed by atoms with E-state index in [1.54, 1.807) is 11.3 Å². The van der Waals surface area contributed by atoms with Crippen LogP contribution in [0.1, 0.15) is 23.1 Å². The molecule has 0 aliphatic carbocycles. The summed E-state index contributed by atoms with van der Waals surface area (Å²) in [6.07, 6.45) is 2.20. The van der Waals surface area contributed by atoms with Crippen LogP contribution in [0.4, 0.5) is 0 Å². The summed E-state index contributed by atoms with van der Waals surface area (Å²) < 4.78 is 0. The molecule has 0 fully saturated rings. The number of rotatable bonds is 4. The summed E-state index contributed by atoms with van der Waals surface area (Å²) in [7, 11) is 0. The number of carbonyl (C=O) groups is 1. The minimum absolute atomic E-state index is 0.0141. The fraction of sp³-hybridized carbons (Fsp3) is 0.375. The molecule has 0 aromatic carbocycles. The molecule has 1 atom stereocenters. The standard InChI is InChI=1S/C8H9ClOS/c9-7(3-1-5-10)8-4-2-6-11-8/h2,4-7H,1,3H2. The van der Waals surface area contributed by atoms with Gasteiger partial charge in [-0.1, -0.05) is 6.07 Å². The third-order valence-electron chi connectivity index (χ3n) is 1.39. The van der Waals surface area contributed by atoms with Gasteiger partial charge < -0.3 is 4.79 Å². The largest absolute Gasteiger partial charge is 0.303 e. The number of halogens is 1. The van der Waals surface area contributed by atoms with Crippen LogP contribution in [0.2, 0.25) is 0 Å². The molecule has 1 heterocycles. The number of aldehydes is 1. The van der Waals surface area contributed by atoms with Crippen LogP contribution in [0.25, 0.3) is 0 Å². The number of carbonyl (C=O) groups excluding carboxylic acids is 1. The first-order chi connectivity index (χ1) is 5.34. The Bertz CT molecular complexity index is 208. The van der Waals surface area contributed by atoms with Crippen molar-refractivity contribution >= 4 is 29.2 Å². The van der Waals surface area contributed by atoms with Gasteiger partial charge in [0.15, 0.2) is 0 Å². The van der Waals surface area contributed by atoms with Crippen molar-refractivity contribution in [1.29, 1.82) is 0 Å². The summed E-state index contributed by atoms with van der Waals surface area (Å²) in [4.78, 5) is 11.2. The third kappa shape index (κ3) is 2.64. The molecule has 0 N–H and O–H groups in total. The van der Waals surface area contributed by atoms with Crippen molar-refractivity contribution < 1.29 is 4.79 Å². The van der Waals surface area contributed by atoms with Gasteiger partial charge in [0.2, 0.25) is 0 Å². The molecule has 0 radical (unpaired) electrons. The lowest BCUT2D eigenvalue weighted by atomic mass is 10.2. The number of alkyl halides is 1. The number of hydrogen-bond donors (Lipinski definition) is 0. The second kappa shape index (κ2) is 4.52. The topological polar surface area (TPSA) is 17.1 Å². The van der Waals surface area contributed by atoms with Gasteiger partial charge in [-0.2, -0.15) is 0 Å². The number of hydrogen-bond acceptors (Lipinski definition) is 2. The maximum absolute atomic E-state index is 10.0. The Morgan fingerprint density at radius 2 is 2.55 bits per heavy atom. The zero-order chi connectivity index (χ0) is 8.10. The molecule has 3 heteroatoms. The van der Waals surface area contributed by atoms with Crippen LogP contribution < -0.4 is 0 Å². The molecule has 1 nitrogen and oxygen atoms in total. The molecule has 0 amide bonds. The van der Waals surface area contributed by atoms with Crippen LogP contribution in [-0.4, -0.2) is 6.29 Å². The van der Waals surface area contributed by atoms with Gasteiger partial charge in [0.1, 0.15) is 6.29 Å². The van der Waals surface area contributed by atoms with E-state index in [1.807, 2.05) is 17.5 Å². The van der Waals surface area contributed by atoms with E-state index in [0.29, 0.717) is 6.42 Å². The molecular weight excluding hydrogens is 180 g/mol. The van der Waals surface area contributed by atoms with Crippen molar-refractivity contribution in [2.75, 3.05) is 0 Å². The Morgan fingerprint density at radius 1 is 1.73 bits per heavy atom. The van der Waals surface area contributed by atoms with Gasteiger partial charge in [-0.15, -0.1) is 22.9 Å². The first kappa shape index (κ1) is 8.75. The molecule has 0 saturated heterocycles. The Labute approximate surface area is 75.0 Å². The van der Waals surface area contributed by atoms with Crippen LogP contribution in [-0.2, 0) is 4.79 Å². The Morgan fingerprint density at radius 3 is 3.09 bits per heavy atom. The summed E-state index contributed by atoms with van der Waals surface area (Å²) in [5.74, 6) is 0. The quantitative estimate of drug-likeness (QED) is 0.525. The Balaban J connectivity index is 2.42. The van der Waals surface area contributed by atoms with E-state index >= 15 is 0 Å². The van der Waals surface area contributed by atoms with Gasteiger partial charge in [0.25, 0.3) is 0 Å². The highest BCUT2D eigenvalue weighted by Gasteiger charge is 2.06. The molecule has 0 aliphatic heterocycles. The lowest BCUT2D eigenvalue weighted by Gasteiger charge is -2.02. The zero-order valence-electron chi connectivity index (χ0n) is 6.00. The molecule has 11 heavy (non-hydrogen) atoms. The monoisotopic (exact) mass is 188 g/mol. The summed E-state index contributed by atoms with van der Waals surface area (Å²) in [6, 6.07) is 3.96. The molecule has 1 rings (SSSR count). The molecule has 1 unspecified atom stereocenters. The van der Waals surface area contributed by atoms with Crippen LogP contribution in [0.3, 0.4) is 0 Å². The van der Waals surface area contributed by atoms with Gasteiger partial charge in [-0.3, -0.25) is 0 Å². The van der Waals surface area contributed by atoms with Gasteiger partial charge in [-0.25, -0.2) is 0 Å². The molecule has 0 saturated carbocycles. The summed E-state index contributed by atoms with van der Waals surface area (Å²) >= 11 is 7.61. The predicted molar refractivity (Wildman–Crippen MR) is 48.2 cm³/mol. The molecule has 60 valence electrons. The van der Waals surface area contributed by atoms with Crippen molar-refractivity contribution in [1.82, 2.24) is 0 Å². The lowest BCUT2D eigenvalue weighted by Crippen LogP contribution is -1.86. The van der Waals surface area contributed by atoms with Gasteiger partial charge in [-0.05, 0) is 17.9 Å². The highest BCUT2D eigenvalue weighted by Crippen LogP contribution is 2.28. The average Bonchev–Trinajstić information content (AvgIpc) is 2.52. The number of thiophene rings is 1. The second-order valence-corrected chi connectivity index (χ2v) is 3.73. The molecule has 1 aromatic rings. The summed E-state index contributed by atoms with van der Waals surface area (Å²) in [6.45, 7) is 0. The highest BCUT2D eigenvalue weighted by atomic mass is 35.5. The van der Waals surface area contributed by atoms with Crippen LogP contribution in [0, 0.1) is 0 Å². The second-order valence-electron chi connectivity index (χ2n) is 2.23. The van der Waals surface area contributed by atoms with E-state index in [2.05, 4.69) is 0 Å². The van der Waals surface area contributed by atoms with E-state index in [9.17, 15) is 4.79 Å². The van der Waals surface area contributed by atoms with Gasteiger partial charge in [0.05, 0.1) is 5.38 Å². The fourth-order valence-corrected chi connectivity index (χ4v) is 1.92. The summed E-state index contributed by atoms with van der Waals surface area (Å²) in [5, 5.41) is 2.01. The van der Waals surface area contributed by atoms with Crippen LogP contribution in [0.15, 0.2) is 17.5 Å². The molecule has 1 aromatic heterocycles. The maximum Gasteiger partial charge on any atom is 0.120 e. The maximum atomic E-state index is 10.0. The molecular formula is C8H9ClOS. The average molecular weight is 189 g/mol. The van der Waals surface area contributed by atoms with Gasteiger partial charge in [0, 0.05) is 11.3 Å². The molecule has 0 aliphatic rings. The highest BCUT2D eigenvalue weighted by molar-refractivity contribution is 7.10. The SMILES string of the molecule is O=CCCC(Cl)c1cccs1. The van der Waals surface area contributed by atoms with E-state index in [0.717, 1.165) is 17.6 Å². The van der Waals surface area contributed by atoms with E-state index in [-0.39, 0.29) is 5.38 Å². The van der Waals surface area contributed by atoms with Crippen molar-refractivity contribution in [2.24, 2.45) is 0 Å². The van der Waals surface area contributed by atoms with E-state index < -0.39 is 0 Å². The zero-order valence-corrected chi connectivity index (χ0v) is 7.57. The first-order valence-corrected chi connectivity index (χ1v) is 4.77. The smallest absolute Gasteiger partial charge is 0.120 e. The van der Waals surface area contributed by atoms with Crippen molar-refractivity contribution in [3.05, 3.63) is 22.4 Å². The van der Waals surface area contributed by atoms with Crippen molar-refractivity contribution in [2.45, 2.75) is 18.2 Å². The van der Waals surface area contributed by atoms with Gasteiger partial charge >= 0.3 is 0 Å². The van der Waals surface area contributed by atoms with E-state index in [4.69, 9.17) is 11.6 Å². The predicted octanol–water partition coefficient (Wildman–Crippen LogP) is 3.01. The normalized spacial score (nSPS) is 12.8.